The van der Waals surface area contributed by atoms with Crippen molar-refractivity contribution in [3.05, 3.63) is 83.9 Å². The van der Waals surface area contributed by atoms with Gasteiger partial charge >= 0.3 is 0 Å². The van der Waals surface area contributed by atoms with Crippen molar-refractivity contribution in [2.24, 2.45) is 0 Å². The van der Waals surface area contributed by atoms with Gasteiger partial charge in [0.05, 0.1) is 23.9 Å². The molecule has 0 aliphatic rings. The van der Waals surface area contributed by atoms with Gasteiger partial charge < -0.3 is 14.2 Å². The molecular formula is C26H24N2O4S. The zero-order chi connectivity index (χ0) is 23.0. The molecule has 1 aromatic heterocycles. The SMILES string of the molecule is CCOc1ccc2nc(NC(=O)/C=C/c3ccc(OCc4ccccc4)c(OC)c3)sc2c1. The van der Waals surface area contributed by atoms with Gasteiger partial charge in [-0.25, -0.2) is 4.98 Å². The predicted octanol–water partition coefficient (Wildman–Crippen LogP) is 5.93. The summed E-state index contributed by atoms with van der Waals surface area (Å²) in [6.45, 7) is 2.99. The molecule has 1 amide bonds. The molecule has 1 heterocycles. The molecule has 168 valence electrons. The van der Waals surface area contributed by atoms with Crippen molar-refractivity contribution in [1.29, 1.82) is 0 Å². The molecule has 0 saturated heterocycles. The lowest BCUT2D eigenvalue weighted by Gasteiger charge is -2.11. The minimum atomic E-state index is -0.262. The van der Waals surface area contributed by atoms with E-state index in [0.29, 0.717) is 29.8 Å². The van der Waals surface area contributed by atoms with Crippen molar-refractivity contribution in [1.82, 2.24) is 4.98 Å². The van der Waals surface area contributed by atoms with Gasteiger partial charge in [-0.05, 0) is 54.5 Å². The summed E-state index contributed by atoms with van der Waals surface area (Å²) in [5, 5.41) is 3.35. The number of amides is 1. The Morgan fingerprint density at radius 3 is 2.67 bits per heavy atom. The van der Waals surface area contributed by atoms with Gasteiger partial charge in [0.2, 0.25) is 5.91 Å². The highest BCUT2D eigenvalue weighted by Crippen LogP contribution is 2.30. The van der Waals surface area contributed by atoms with Crippen LogP contribution in [0.1, 0.15) is 18.1 Å². The molecule has 6 nitrogen and oxygen atoms in total. The summed E-state index contributed by atoms with van der Waals surface area (Å²) in [4.78, 5) is 16.9. The molecule has 33 heavy (non-hydrogen) atoms. The highest BCUT2D eigenvalue weighted by Gasteiger charge is 2.08. The summed E-state index contributed by atoms with van der Waals surface area (Å²) in [5.41, 5.74) is 2.71. The van der Waals surface area contributed by atoms with Gasteiger partial charge in [0, 0.05) is 6.08 Å². The predicted molar refractivity (Wildman–Crippen MR) is 132 cm³/mol. The topological polar surface area (TPSA) is 69.7 Å². The van der Waals surface area contributed by atoms with Crippen molar-refractivity contribution >= 4 is 38.7 Å². The molecule has 0 aliphatic carbocycles. The fourth-order valence-corrected chi connectivity index (χ4v) is 4.07. The Hall–Kier alpha value is -3.84. The van der Waals surface area contributed by atoms with Gasteiger partial charge in [0.1, 0.15) is 12.4 Å². The molecule has 7 heteroatoms. The van der Waals surface area contributed by atoms with Gasteiger partial charge in [0.15, 0.2) is 16.6 Å². The molecule has 1 N–H and O–H groups in total. The van der Waals surface area contributed by atoms with Crippen LogP contribution in [0.15, 0.2) is 72.8 Å². The quantitative estimate of drug-likeness (QED) is 0.313. The zero-order valence-corrected chi connectivity index (χ0v) is 19.2. The summed E-state index contributed by atoms with van der Waals surface area (Å²) in [5.74, 6) is 1.77. The maximum atomic E-state index is 12.4. The number of carbonyl (C=O) groups is 1. The van der Waals surface area contributed by atoms with Crippen molar-refractivity contribution in [3.63, 3.8) is 0 Å². The van der Waals surface area contributed by atoms with E-state index in [2.05, 4.69) is 10.3 Å². The Bertz CT molecular complexity index is 1270. The second-order valence-corrected chi connectivity index (χ2v) is 8.12. The summed E-state index contributed by atoms with van der Waals surface area (Å²) in [7, 11) is 1.59. The third kappa shape index (κ3) is 5.90. The summed E-state index contributed by atoms with van der Waals surface area (Å²) >= 11 is 1.41. The Morgan fingerprint density at radius 2 is 1.88 bits per heavy atom. The summed E-state index contributed by atoms with van der Waals surface area (Å²) in [6, 6.07) is 21.2. The molecule has 3 aromatic carbocycles. The number of aromatic nitrogens is 1. The number of hydrogen-bond acceptors (Lipinski definition) is 6. The maximum absolute atomic E-state index is 12.4. The van der Waals surface area contributed by atoms with Crippen LogP contribution in [0.3, 0.4) is 0 Å². The maximum Gasteiger partial charge on any atom is 0.250 e. The van der Waals surface area contributed by atoms with E-state index < -0.39 is 0 Å². The monoisotopic (exact) mass is 460 g/mol. The van der Waals surface area contributed by atoms with E-state index in [1.165, 1.54) is 17.4 Å². The van der Waals surface area contributed by atoms with Crippen LogP contribution in [0.25, 0.3) is 16.3 Å². The molecule has 0 aliphatic heterocycles. The molecule has 0 atom stereocenters. The van der Waals surface area contributed by atoms with E-state index in [9.17, 15) is 4.79 Å². The molecule has 0 bridgehead atoms. The van der Waals surface area contributed by atoms with Gasteiger partial charge in [0.25, 0.3) is 0 Å². The van der Waals surface area contributed by atoms with E-state index >= 15 is 0 Å². The molecule has 0 unspecified atom stereocenters. The fourth-order valence-electron chi connectivity index (χ4n) is 3.18. The number of methoxy groups -OCH3 is 1. The Balaban J connectivity index is 1.39. The lowest BCUT2D eigenvalue weighted by molar-refractivity contribution is -0.111. The third-order valence-corrected chi connectivity index (χ3v) is 5.69. The van der Waals surface area contributed by atoms with Crippen LogP contribution in [0, 0.1) is 0 Å². The highest BCUT2D eigenvalue weighted by molar-refractivity contribution is 7.22. The van der Waals surface area contributed by atoms with Gasteiger partial charge in [-0.15, -0.1) is 0 Å². The number of ether oxygens (including phenoxy) is 3. The minimum absolute atomic E-state index is 0.262. The first-order valence-electron chi connectivity index (χ1n) is 10.5. The van der Waals surface area contributed by atoms with Crippen molar-refractivity contribution in [3.8, 4) is 17.2 Å². The second kappa shape index (κ2) is 10.7. The Labute approximate surface area is 196 Å². The first-order chi connectivity index (χ1) is 16.1. The number of hydrogen-bond donors (Lipinski definition) is 1. The Morgan fingerprint density at radius 1 is 1.03 bits per heavy atom. The van der Waals surface area contributed by atoms with Crippen LogP contribution >= 0.6 is 11.3 Å². The number of rotatable bonds is 9. The number of benzene rings is 3. The van der Waals surface area contributed by atoms with Gasteiger partial charge in [-0.1, -0.05) is 47.7 Å². The Kier molecular flexibility index (Phi) is 7.22. The number of fused-ring (bicyclic) bond motifs is 1. The molecule has 4 aromatic rings. The number of nitrogens with one attached hydrogen (secondary N) is 1. The number of anilines is 1. The molecular weight excluding hydrogens is 436 g/mol. The van der Waals surface area contributed by atoms with Crippen molar-refractivity contribution in [2.45, 2.75) is 13.5 Å². The standard InChI is InChI=1S/C26H24N2O4S/c1-3-31-20-11-12-21-24(16-20)33-26(27-21)28-25(29)14-10-18-9-13-22(23(15-18)30-2)32-17-19-7-5-4-6-8-19/h4-16H,3,17H2,1-2H3,(H,27,28,29)/b14-10+. The molecule has 0 spiro atoms. The number of thiazole rings is 1. The minimum Gasteiger partial charge on any atom is -0.494 e. The molecule has 0 fully saturated rings. The van der Waals surface area contributed by atoms with Crippen LogP contribution in [-0.2, 0) is 11.4 Å². The zero-order valence-electron chi connectivity index (χ0n) is 18.4. The second-order valence-electron chi connectivity index (χ2n) is 7.09. The first-order valence-corrected chi connectivity index (χ1v) is 11.3. The van der Waals surface area contributed by atoms with E-state index in [0.717, 1.165) is 27.1 Å². The molecule has 4 rings (SSSR count). The van der Waals surface area contributed by atoms with Crippen LogP contribution in [0.5, 0.6) is 17.2 Å². The first kappa shape index (κ1) is 22.4. The van der Waals surface area contributed by atoms with E-state index in [1.54, 1.807) is 13.2 Å². The van der Waals surface area contributed by atoms with Crippen LogP contribution in [0.4, 0.5) is 5.13 Å². The third-order valence-electron chi connectivity index (χ3n) is 4.75. The van der Waals surface area contributed by atoms with Crippen molar-refractivity contribution < 1.29 is 19.0 Å². The largest absolute Gasteiger partial charge is 0.494 e. The average molecular weight is 461 g/mol. The van der Waals surface area contributed by atoms with E-state index in [1.807, 2.05) is 73.7 Å². The van der Waals surface area contributed by atoms with Crippen LogP contribution < -0.4 is 19.5 Å². The average Bonchev–Trinajstić information content (AvgIpc) is 3.24. The van der Waals surface area contributed by atoms with Crippen LogP contribution in [-0.4, -0.2) is 24.6 Å². The summed E-state index contributed by atoms with van der Waals surface area (Å²) in [6.07, 6.45) is 3.19. The van der Waals surface area contributed by atoms with E-state index in [4.69, 9.17) is 14.2 Å². The van der Waals surface area contributed by atoms with Gasteiger partial charge in [-0.3, -0.25) is 10.1 Å². The van der Waals surface area contributed by atoms with E-state index in [-0.39, 0.29) is 5.91 Å². The summed E-state index contributed by atoms with van der Waals surface area (Å²) < 4.78 is 17.8. The smallest absolute Gasteiger partial charge is 0.250 e. The number of nitrogens with zero attached hydrogens (tertiary/aromatic N) is 1. The number of carbonyl (C=O) groups excluding carboxylic acids is 1. The highest BCUT2D eigenvalue weighted by atomic mass is 32.1. The fraction of sp³-hybridized carbons (Fsp3) is 0.154. The van der Waals surface area contributed by atoms with Crippen LogP contribution in [0.2, 0.25) is 0 Å². The lowest BCUT2D eigenvalue weighted by Crippen LogP contribution is -2.07. The van der Waals surface area contributed by atoms with Gasteiger partial charge in [-0.2, -0.15) is 0 Å². The molecule has 0 radical (unpaired) electrons. The lowest BCUT2D eigenvalue weighted by atomic mass is 10.2. The molecule has 0 saturated carbocycles. The normalized spacial score (nSPS) is 11.0. The van der Waals surface area contributed by atoms with Crippen molar-refractivity contribution in [2.75, 3.05) is 19.0 Å².